The zero-order valence-electron chi connectivity index (χ0n) is 17.6. The average molecular weight is 469 g/mol. The first kappa shape index (κ1) is 22.0. The number of halogens is 1. The average Bonchev–Trinajstić information content (AvgIpc) is 3.17. The fourth-order valence-corrected chi connectivity index (χ4v) is 5.04. The number of carbonyl (C=O) groups excluding carboxylic acids is 3. The van der Waals surface area contributed by atoms with Crippen LogP contribution in [0, 0.1) is 6.92 Å². The highest BCUT2D eigenvalue weighted by atomic mass is 35.5. The van der Waals surface area contributed by atoms with Crippen molar-refractivity contribution in [2.24, 2.45) is 0 Å². The van der Waals surface area contributed by atoms with E-state index in [-0.39, 0.29) is 11.8 Å². The van der Waals surface area contributed by atoms with Crippen molar-refractivity contribution in [3.05, 3.63) is 86.8 Å². The summed E-state index contributed by atoms with van der Waals surface area (Å²) >= 11 is 7.29. The second-order valence-electron chi connectivity index (χ2n) is 7.50. The fraction of sp³-hybridized carbons (Fsp3) is 0.208. The van der Waals surface area contributed by atoms with E-state index in [1.807, 2.05) is 24.3 Å². The standard InChI is InChI=1S/C24H21ClN2O4S/c1-14-11-20(26-22(28)17-9-5-6-10-18(17)25)32-21(14)23(29)27-13-16-8-4-3-7-15(16)12-19(27)24(30)31-2/h3-11,19H,12-13H2,1-2H3,(H,26,28)/t19-/m0/s1. The molecule has 4 rings (SSSR count). The SMILES string of the molecule is COC(=O)[C@@H]1Cc2ccccc2CN1C(=O)c1sc(NC(=O)c2ccccc2Cl)cc1C. The van der Waals surface area contributed by atoms with E-state index in [2.05, 4.69) is 5.32 Å². The van der Waals surface area contributed by atoms with E-state index >= 15 is 0 Å². The second-order valence-corrected chi connectivity index (χ2v) is 8.96. The molecule has 0 saturated carbocycles. The largest absolute Gasteiger partial charge is 0.467 e. The summed E-state index contributed by atoms with van der Waals surface area (Å²) in [4.78, 5) is 40.6. The number of thiophene rings is 1. The van der Waals surface area contributed by atoms with Crippen LogP contribution in [0.2, 0.25) is 5.02 Å². The Hall–Kier alpha value is -3.16. The lowest BCUT2D eigenvalue weighted by Gasteiger charge is -2.35. The molecule has 0 bridgehead atoms. The number of rotatable bonds is 4. The Labute approximate surface area is 194 Å². The van der Waals surface area contributed by atoms with Gasteiger partial charge < -0.3 is 15.0 Å². The Morgan fingerprint density at radius 1 is 1.09 bits per heavy atom. The number of methoxy groups -OCH3 is 1. The highest BCUT2D eigenvalue weighted by Crippen LogP contribution is 2.32. The van der Waals surface area contributed by atoms with Crippen LogP contribution >= 0.6 is 22.9 Å². The minimum absolute atomic E-state index is 0.268. The van der Waals surface area contributed by atoms with Crippen LogP contribution < -0.4 is 5.32 Å². The van der Waals surface area contributed by atoms with Gasteiger partial charge in [0.15, 0.2) is 0 Å². The highest BCUT2D eigenvalue weighted by molar-refractivity contribution is 7.18. The number of amides is 2. The summed E-state index contributed by atoms with van der Waals surface area (Å²) in [6.07, 6.45) is 0.398. The van der Waals surface area contributed by atoms with Gasteiger partial charge in [-0.1, -0.05) is 48.0 Å². The maximum atomic E-state index is 13.5. The summed E-state index contributed by atoms with van der Waals surface area (Å²) in [6, 6.07) is 15.6. The van der Waals surface area contributed by atoms with Crippen LogP contribution in [0.15, 0.2) is 54.6 Å². The molecule has 0 saturated heterocycles. The predicted molar refractivity (Wildman–Crippen MR) is 124 cm³/mol. The van der Waals surface area contributed by atoms with Crippen molar-refractivity contribution < 1.29 is 19.1 Å². The molecule has 0 fully saturated rings. The number of nitrogens with one attached hydrogen (secondary N) is 1. The molecule has 32 heavy (non-hydrogen) atoms. The van der Waals surface area contributed by atoms with Gasteiger partial charge in [0, 0.05) is 13.0 Å². The van der Waals surface area contributed by atoms with Crippen LogP contribution in [0.5, 0.6) is 0 Å². The van der Waals surface area contributed by atoms with Crippen LogP contribution in [-0.2, 0) is 22.5 Å². The number of hydrogen-bond donors (Lipinski definition) is 1. The quantitative estimate of drug-likeness (QED) is 0.563. The van der Waals surface area contributed by atoms with Crippen LogP contribution in [-0.4, -0.2) is 35.8 Å². The lowest BCUT2D eigenvalue weighted by molar-refractivity contribution is -0.146. The van der Waals surface area contributed by atoms with Crippen LogP contribution in [0.1, 0.15) is 36.7 Å². The van der Waals surface area contributed by atoms with Gasteiger partial charge in [-0.05, 0) is 41.8 Å². The van der Waals surface area contributed by atoms with E-state index in [1.54, 1.807) is 42.2 Å². The normalized spacial score (nSPS) is 15.1. The Morgan fingerprint density at radius 3 is 2.50 bits per heavy atom. The number of aryl methyl sites for hydroxylation is 1. The fourth-order valence-electron chi connectivity index (χ4n) is 3.79. The molecule has 8 heteroatoms. The first-order valence-corrected chi connectivity index (χ1v) is 11.2. The van der Waals surface area contributed by atoms with Crippen molar-refractivity contribution in [3.8, 4) is 0 Å². The highest BCUT2D eigenvalue weighted by Gasteiger charge is 2.36. The molecule has 1 aliphatic rings. The van der Waals surface area contributed by atoms with Crippen LogP contribution in [0.4, 0.5) is 5.00 Å². The molecule has 164 valence electrons. The second kappa shape index (κ2) is 9.14. The Morgan fingerprint density at radius 2 is 1.78 bits per heavy atom. The minimum Gasteiger partial charge on any atom is -0.467 e. The monoisotopic (exact) mass is 468 g/mol. The lowest BCUT2D eigenvalue weighted by Crippen LogP contribution is -2.49. The number of carbonyl (C=O) groups is 3. The molecule has 2 aromatic carbocycles. The number of hydrogen-bond acceptors (Lipinski definition) is 5. The summed E-state index contributed by atoms with van der Waals surface area (Å²) in [7, 11) is 1.32. The number of fused-ring (bicyclic) bond motifs is 1. The molecule has 1 N–H and O–H groups in total. The summed E-state index contributed by atoms with van der Waals surface area (Å²) in [5.41, 5.74) is 3.11. The molecule has 2 heterocycles. The summed E-state index contributed by atoms with van der Waals surface area (Å²) in [5, 5.41) is 3.69. The molecule has 1 aliphatic heterocycles. The Kier molecular flexibility index (Phi) is 6.30. The molecular weight excluding hydrogens is 448 g/mol. The van der Waals surface area contributed by atoms with Crippen LogP contribution in [0.3, 0.4) is 0 Å². The van der Waals surface area contributed by atoms with Gasteiger partial charge in [0.1, 0.15) is 6.04 Å². The van der Waals surface area contributed by atoms with Gasteiger partial charge >= 0.3 is 5.97 Å². The van der Waals surface area contributed by atoms with Gasteiger partial charge in [-0.2, -0.15) is 0 Å². The van der Waals surface area contributed by atoms with E-state index in [9.17, 15) is 14.4 Å². The van der Waals surface area contributed by atoms with E-state index < -0.39 is 12.0 Å². The Balaban J connectivity index is 1.60. The first-order valence-electron chi connectivity index (χ1n) is 10.0. The zero-order chi connectivity index (χ0) is 22.8. The Bertz CT molecular complexity index is 1210. The topological polar surface area (TPSA) is 75.7 Å². The number of ether oxygens (including phenoxy) is 1. The molecule has 0 aliphatic carbocycles. The predicted octanol–water partition coefficient (Wildman–Crippen LogP) is 4.70. The molecule has 0 spiro atoms. The molecule has 6 nitrogen and oxygen atoms in total. The van der Waals surface area contributed by atoms with E-state index in [0.717, 1.165) is 16.7 Å². The summed E-state index contributed by atoms with van der Waals surface area (Å²) in [6.45, 7) is 2.12. The molecule has 0 unspecified atom stereocenters. The number of benzene rings is 2. The van der Waals surface area contributed by atoms with Gasteiger partial charge in [0.25, 0.3) is 11.8 Å². The van der Waals surface area contributed by atoms with E-state index in [1.165, 1.54) is 18.4 Å². The van der Waals surface area contributed by atoms with Gasteiger partial charge in [-0.25, -0.2) is 4.79 Å². The van der Waals surface area contributed by atoms with Gasteiger partial charge in [-0.15, -0.1) is 11.3 Å². The maximum Gasteiger partial charge on any atom is 0.328 e. The first-order chi connectivity index (χ1) is 15.4. The third-order valence-corrected chi connectivity index (χ3v) is 6.92. The van der Waals surface area contributed by atoms with Crippen molar-refractivity contribution in [1.29, 1.82) is 0 Å². The van der Waals surface area contributed by atoms with Gasteiger partial charge in [-0.3, -0.25) is 9.59 Å². The summed E-state index contributed by atoms with van der Waals surface area (Å²) in [5.74, 6) is -1.07. The van der Waals surface area contributed by atoms with E-state index in [0.29, 0.717) is 33.4 Å². The van der Waals surface area contributed by atoms with Crippen LogP contribution in [0.25, 0.3) is 0 Å². The maximum absolute atomic E-state index is 13.5. The molecule has 0 radical (unpaired) electrons. The van der Waals surface area contributed by atoms with Crippen molar-refractivity contribution >= 4 is 45.7 Å². The zero-order valence-corrected chi connectivity index (χ0v) is 19.1. The summed E-state index contributed by atoms with van der Waals surface area (Å²) < 4.78 is 4.97. The molecular formula is C24H21ClN2O4S. The molecule has 2 amide bonds. The number of nitrogens with zero attached hydrogens (tertiary/aromatic N) is 1. The smallest absolute Gasteiger partial charge is 0.328 e. The minimum atomic E-state index is -0.704. The van der Waals surface area contributed by atoms with Gasteiger partial charge in [0.2, 0.25) is 0 Å². The van der Waals surface area contributed by atoms with E-state index in [4.69, 9.17) is 16.3 Å². The third kappa shape index (κ3) is 4.26. The molecule has 1 atom stereocenters. The van der Waals surface area contributed by atoms with Crippen molar-refractivity contribution in [1.82, 2.24) is 4.90 Å². The molecule has 3 aromatic rings. The van der Waals surface area contributed by atoms with Crippen molar-refractivity contribution in [3.63, 3.8) is 0 Å². The third-order valence-electron chi connectivity index (χ3n) is 5.45. The molecule has 1 aromatic heterocycles. The van der Waals surface area contributed by atoms with Crippen molar-refractivity contribution in [2.45, 2.75) is 25.9 Å². The number of esters is 1. The lowest BCUT2D eigenvalue weighted by atomic mass is 9.93. The van der Waals surface area contributed by atoms with Gasteiger partial charge in [0.05, 0.1) is 27.6 Å². The van der Waals surface area contributed by atoms with Crippen molar-refractivity contribution in [2.75, 3.05) is 12.4 Å². The number of anilines is 1.